The Morgan fingerprint density at radius 2 is 1.85 bits per heavy atom. The average Bonchev–Trinajstić information content (AvgIpc) is 2.88. The molecule has 0 aliphatic heterocycles. The van der Waals surface area contributed by atoms with Crippen LogP contribution in [0.5, 0.6) is 0 Å². The fraction of sp³-hybridized carbons (Fsp3) is 0.222. The van der Waals surface area contributed by atoms with E-state index in [-0.39, 0.29) is 6.54 Å². The molecule has 0 unspecified atom stereocenters. The third-order valence-corrected chi connectivity index (χ3v) is 3.81. The fourth-order valence-corrected chi connectivity index (χ4v) is 2.09. The molecule has 1 aromatic carbocycles. The fourth-order valence-electron chi connectivity index (χ4n) is 1.32. The molecule has 2 N–H and O–H groups in total. The largest absolute Gasteiger partial charge is 0.501 e. The molecule has 1 aromatic heterocycles. The minimum absolute atomic E-state index is 0.196. The van der Waals surface area contributed by atoms with Crippen molar-refractivity contribution >= 4 is 15.5 Å². The van der Waals surface area contributed by atoms with Crippen molar-refractivity contribution in [1.82, 2.24) is 20.6 Å². The van der Waals surface area contributed by atoms with E-state index in [0.717, 1.165) is 12.1 Å². The molecule has 20 heavy (non-hydrogen) atoms. The van der Waals surface area contributed by atoms with Gasteiger partial charge in [-0.15, -0.1) is 10.2 Å². The number of halogens is 3. The van der Waals surface area contributed by atoms with Gasteiger partial charge < -0.3 is 5.32 Å². The summed E-state index contributed by atoms with van der Waals surface area (Å²) in [6.07, 6.45) is 0. The summed E-state index contributed by atoms with van der Waals surface area (Å²) in [5.41, 5.74) is -4.89. The zero-order chi connectivity index (χ0) is 14.8. The summed E-state index contributed by atoms with van der Waals surface area (Å²) in [7, 11) is -5.32. The summed E-state index contributed by atoms with van der Waals surface area (Å²) in [5, 5.41) is 15.7. The molecule has 7 nitrogen and oxygen atoms in total. The van der Waals surface area contributed by atoms with Gasteiger partial charge >= 0.3 is 5.51 Å². The molecule has 0 atom stereocenters. The lowest BCUT2D eigenvalue weighted by atomic mass is 10.3. The SMILES string of the molecule is O=S(=O)(c1ccc(NCc2nn[nH]n2)cc1)C(F)(F)F. The highest BCUT2D eigenvalue weighted by molar-refractivity contribution is 7.92. The molecule has 0 fully saturated rings. The van der Waals surface area contributed by atoms with E-state index in [1.54, 1.807) is 0 Å². The molecule has 0 aliphatic carbocycles. The molecule has 0 spiro atoms. The van der Waals surface area contributed by atoms with Gasteiger partial charge in [0.05, 0.1) is 11.4 Å². The predicted molar refractivity (Wildman–Crippen MR) is 61.2 cm³/mol. The van der Waals surface area contributed by atoms with Crippen molar-refractivity contribution in [1.29, 1.82) is 0 Å². The van der Waals surface area contributed by atoms with Gasteiger partial charge in [0.2, 0.25) is 0 Å². The van der Waals surface area contributed by atoms with E-state index in [9.17, 15) is 21.6 Å². The number of hydrogen-bond acceptors (Lipinski definition) is 6. The Morgan fingerprint density at radius 3 is 2.35 bits per heavy atom. The highest BCUT2D eigenvalue weighted by Gasteiger charge is 2.46. The van der Waals surface area contributed by atoms with E-state index in [1.165, 1.54) is 12.1 Å². The smallest absolute Gasteiger partial charge is 0.378 e. The summed E-state index contributed by atoms with van der Waals surface area (Å²) >= 11 is 0. The summed E-state index contributed by atoms with van der Waals surface area (Å²) < 4.78 is 59.2. The van der Waals surface area contributed by atoms with E-state index < -0.39 is 20.2 Å². The van der Waals surface area contributed by atoms with Crippen LogP contribution in [0, 0.1) is 0 Å². The van der Waals surface area contributed by atoms with Gasteiger partial charge in [-0.05, 0) is 24.3 Å². The van der Waals surface area contributed by atoms with Crippen molar-refractivity contribution in [3.05, 3.63) is 30.1 Å². The Morgan fingerprint density at radius 1 is 1.20 bits per heavy atom. The highest BCUT2D eigenvalue weighted by Crippen LogP contribution is 2.30. The second-order valence-corrected chi connectivity index (χ2v) is 5.60. The molecule has 0 radical (unpaired) electrons. The van der Waals surface area contributed by atoms with E-state index in [4.69, 9.17) is 0 Å². The Labute approximate surface area is 111 Å². The lowest BCUT2D eigenvalue weighted by Gasteiger charge is -2.09. The molecule has 11 heteroatoms. The number of aromatic nitrogens is 4. The van der Waals surface area contributed by atoms with Crippen molar-refractivity contribution in [2.24, 2.45) is 0 Å². The Bertz CT molecular complexity index is 667. The number of nitrogens with one attached hydrogen (secondary N) is 2. The van der Waals surface area contributed by atoms with Crippen LogP contribution in [0.4, 0.5) is 18.9 Å². The normalized spacial score (nSPS) is 12.3. The number of hydrogen-bond donors (Lipinski definition) is 2. The van der Waals surface area contributed by atoms with Gasteiger partial charge in [0.25, 0.3) is 9.84 Å². The van der Waals surface area contributed by atoms with Crippen LogP contribution in [-0.4, -0.2) is 34.6 Å². The van der Waals surface area contributed by atoms with Crippen molar-refractivity contribution in [3.8, 4) is 0 Å². The molecule has 1 heterocycles. The van der Waals surface area contributed by atoms with Crippen LogP contribution in [0.15, 0.2) is 29.2 Å². The standard InChI is InChI=1S/C9H8F3N5O2S/c10-9(11,12)20(18,19)7-3-1-6(2-4-7)13-5-8-14-16-17-15-8/h1-4,13H,5H2,(H,14,15,16,17). The maximum absolute atomic E-state index is 12.3. The summed E-state index contributed by atoms with van der Waals surface area (Å²) in [5.74, 6) is 0.358. The Balaban J connectivity index is 2.11. The third kappa shape index (κ3) is 2.87. The molecule has 0 saturated carbocycles. The van der Waals surface area contributed by atoms with Crippen LogP contribution < -0.4 is 5.32 Å². The first kappa shape index (κ1) is 14.2. The number of H-pyrrole nitrogens is 1. The molecular formula is C9H8F3N5O2S. The van der Waals surface area contributed by atoms with E-state index in [1.807, 2.05) is 0 Å². The zero-order valence-corrected chi connectivity index (χ0v) is 10.5. The molecule has 2 rings (SSSR count). The summed E-state index contributed by atoms with van der Waals surface area (Å²) in [4.78, 5) is -0.810. The molecule has 2 aromatic rings. The van der Waals surface area contributed by atoms with E-state index >= 15 is 0 Å². The second-order valence-electron chi connectivity index (χ2n) is 3.66. The van der Waals surface area contributed by atoms with Crippen LogP contribution in [-0.2, 0) is 16.4 Å². The molecular weight excluding hydrogens is 299 g/mol. The highest BCUT2D eigenvalue weighted by atomic mass is 32.2. The first-order chi connectivity index (χ1) is 9.30. The predicted octanol–water partition coefficient (Wildman–Crippen LogP) is 1.11. The number of tetrazole rings is 1. The average molecular weight is 307 g/mol. The minimum atomic E-state index is -5.32. The van der Waals surface area contributed by atoms with Gasteiger partial charge in [0, 0.05) is 5.69 Å². The number of rotatable bonds is 4. The molecule has 108 valence electrons. The number of anilines is 1. The zero-order valence-electron chi connectivity index (χ0n) is 9.72. The van der Waals surface area contributed by atoms with Crippen LogP contribution in [0.2, 0.25) is 0 Å². The number of aromatic amines is 1. The number of alkyl halides is 3. The van der Waals surface area contributed by atoms with Gasteiger partial charge in [-0.25, -0.2) is 8.42 Å². The van der Waals surface area contributed by atoms with Crippen molar-refractivity contribution in [3.63, 3.8) is 0 Å². The summed E-state index contributed by atoms with van der Waals surface area (Å²) in [6, 6.07) is 4.19. The first-order valence-corrected chi connectivity index (χ1v) is 6.66. The second kappa shape index (κ2) is 5.07. The number of sulfone groups is 1. The van der Waals surface area contributed by atoms with Crippen molar-refractivity contribution in [2.75, 3.05) is 5.32 Å². The van der Waals surface area contributed by atoms with Crippen LogP contribution in [0.25, 0.3) is 0 Å². The van der Waals surface area contributed by atoms with Gasteiger partial charge in [0.1, 0.15) is 0 Å². The molecule has 0 amide bonds. The third-order valence-electron chi connectivity index (χ3n) is 2.31. The van der Waals surface area contributed by atoms with E-state index in [2.05, 4.69) is 25.9 Å². The monoisotopic (exact) mass is 307 g/mol. The van der Waals surface area contributed by atoms with E-state index in [0.29, 0.717) is 11.5 Å². The van der Waals surface area contributed by atoms with Gasteiger partial charge in [-0.2, -0.15) is 18.4 Å². The maximum Gasteiger partial charge on any atom is 0.501 e. The summed E-state index contributed by atoms with van der Waals surface area (Å²) in [6.45, 7) is 0.196. The lowest BCUT2D eigenvalue weighted by molar-refractivity contribution is -0.0436. The van der Waals surface area contributed by atoms with Gasteiger partial charge in [0.15, 0.2) is 5.82 Å². The number of nitrogens with zero attached hydrogens (tertiary/aromatic N) is 3. The molecule has 0 bridgehead atoms. The topological polar surface area (TPSA) is 101 Å². The number of benzene rings is 1. The molecule has 0 saturated heterocycles. The first-order valence-electron chi connectivity index (χ1n) is 5.18. The molecule has 0 aliphatic rings. The Hall–Kier alpha value is -2.17. The lowest BCUT2D eigenvalue weighted by Crippen LogP contribution is -2.23. The van der Waals surface area contributed by atoms with Crippen LogP contribution in [0.3, 0.4) is 0 Å². The maximum atomic E-state index is 12.3. The van der Waals surface area contributed by atoms with Crippen molar-refractivity contribution in [2.45, 2.75) is 16.9 Å². The quantitative estimate of drug-likeness (QED) is 0.877. The van der Waals surface area contributed by atoms with Crippen molar-refractivity contribution < 1.29 is 21.6 Å². The van der Waals surface area contributed by atoms with Crippen LogP contribution in [0.1, 0.15) is 5.82 Å². The Kier molecular flexibility index (Phi) is 3.61. The van der Waals surface area contributed by atoms with Gasteiger partial charge in [-0.1, -0.05) is 5.21 Å². The minimum Gasteiger partial charge on any atom is -0.378 e. The van der Waals surface area contributed by atoms with Crippen LogP contribution >= 0.6 is 0 Å². The van der Waals surface area contributed by atoms with Gasteiger partial charge in [-0.3, -0.25) is 0 Å².